The Kier molecular flexibility index (Phi) is 5.14. The minimum absolute atomic E-state index is 0.446. The van der Waals surface area contributed by atoms with E-state index in [2.05, 4.69) is 47.6 Å². The molecule has 0 aliphatic heterocycles. The van der Waals surface area contributed by atoms with Gasteiger partial charge in [-0.05, 0) is 88.9 Å². The molecule has 0 N–H and O–H groups in total. The monoisotopic (exact) mass is 326 g/mol. The molecule has 3 aliphatic carbocycles. The standard InChI is InChI=1S/C24H38/c1-7-21-19(5)24(6,18(4)20-9-8-10-20)14-13-23(21)22-12-11-16(2)15-17(22)3/h15,19,21,23H,7-14H2,1-6H3. The van der Waals surface area contributed by atoms with Crippen molar-refractivity contribution < 1.29 is 0 Å². The summed E-state index contributed by atoms with van der Waals surface area (Å²) < 4.78 is 0. The van der Waals surface area contributed by atoms with Crippen LogP contribution in [0.1, 0.15) is 92.9 Å². The molecule has 134 valence electrons. The fourth-order valence-corrected chi connectivity index (χ4v) is 5.99. The molecular weight excluding hydrogens is 288 g/mol. The number of hydrogen-bond donors (Lipinski definition) is 0. The molecule has 3 rings (SSSR count). The van der Waals surface area contributed by atoms with Gasteiger partial charge >= 0.3 is 0 Å². The average Bonchev–Trinajstić information content (AvgIpc) is 2.48. The molecule has 4 unspecified atom stereocenters. The Morgan fingerprint density at radius 3 is 2.42 bits per heavy atom. The van der Waals surface area contributed by atoms with Crippen LogP contribution in [-0.2, 0) is 0 Å². The Hall–Kier alpha value is -0.780. The van der Waals surface area contributed by atoms with E-state index in [1.165, 1.54) is 51.4 Å². The lowest BCUT2D eigenvalue weighted by Crippen LogP contribution is -2.42. The predicted molar refractivity (Wildman–Crippen MR) is 106 cm³/mol. The Balaban J connectivity index is 1.89. The van der Waals surface area contributed by atoms with Crippen molar-refractivity contribution in [3.05, 3.63) is 33.9 Å². The van der Waals surface area contributed by atoms with Crippen LogP contribution < -0.4 is 0 Å². The molecule has 0 heterocycles. The average molecular weight is 327 g/mol. The molecule has 0 heteroatoms. The van der Waals surface area contributed by atoms with Gasteiger partial charge in [-0.2, -0.15) is 0 Å². The van der Waals surface area contributed by atoms with Crippen molar-refractivity contribution in [1.29, 1.82) is 0 Å². The van der Waals surface area contributed by atoms with E-state index in [9.17, 15) is 0 Å². The summed E-state index contributed by atoms with van der Waals surface area (Å²) in [6, 6.07) is 0. The summed E-state index contributed by atoms with van der Waals surface area (Å²) in [5, 5.41) is 0. The Morgan fingerprint density at radius 2 is 1.88 bits per heavy atom. The van der Waals surface area contributed by atoms with E-state index in [0.29, 0.717) is 5.41 Å². The van der Waals surface area contributed by atoms with Crippen LogP contribution in [0.5, 0.6) is 0 Å². The first kappa shape index (κ1) is 18.0. The highest BCUT2D eigenvalue weighted by Gasteiger charge is 2.46. The van der Waals surface area contributed by atoms with Gasteiger partial charge in [0.05, 0.1) is 0 Å². The van der Waals surface area contributed by atoms with Crippen LogP contribution >= 0.6 is 0 Å². The van der Waals surface area contributed by atoms with Crippen LogP contribution in [0, 0.1) is 23.2 Å². The summed E-state index contributed by atoms with van der Waals surface area (Å²) in [5.41, 5.74) is 8.97. The molecule has 0 aromatic carbocycles. The third kappa shape index (κ3) is 2.95. The third-order valence-corrected chi connectivity index (χ3v) is 8.16. The van der Waals surface area contributed by atoms with Gasteiger partial charge in [-0.1, -0.05) is 61.1 Å². The second-order valence-corrected chi connectivity index (χ2v) is 9.20. The lowest BCUT2D eigenvalue weighted by molar-refractivity contribution is 0.0622. The Labute approximate surface area is 150 Å². The SMILES string of the molecule is CCC1C(C2=C(C)C=C(C)CC2)CCC(C)(C(C)=C2CCC2)C1C. The quantitative estimate of drug-likeness (QED) is 0.468. The van der Waals surface area contributed by atoms with Crippen molar-refractivity contribution in [2.45, 2.75) is 92.9 Å². The van der Waals surface area contributed by atoms with Crippen LogP contribution in [0.15, 0.2) is 33.9 Å². The van der Waals surface area contributed by atoms with Crippen molar-refractivity contribution in [1.82, 2.24) is 0 Å². The topological polar surface area (TPSA) is 0 Å². The van der Waals surface area contributed by atoms with E-state index in [1.54, 1.807) is 27.9 Å². The smallest absolute Gasteiger partial charge is 0.00878 e. The molecular formula is C24H38. The fourth-order valence-electron chi connectivity index (χ4n) is 5.99. The van der Waals surface area contributed by atoms with Gasteiger partial charge in [0.25, 0.3) is 0 Å². The first-order chi connectivity index (χ1) is 11.4. The molecule has 0 aromatic rings. The summed E-state index contributed by atoms with van der Waals surface area (Å²) >= 11 is 0. The summed E-state index contributed by atoms with van der Waals surface area (Å²) in [6.07, 6.45) is 13.4. The largest absolute Gasteiger partial charge is 0.0727 e. The fraction of sp³-hybridized carbons (Fsp3) is 0.750. The van der Waals surface area contributed by atoms with Crippen LogP contribution in [0.25, 0.3) is 0 Å². The van der Waals surface area contributed by atoms with Gasteiger partial charge in [0.15, 0.2) is 0 Å². The maximum absolute atomic E-state index is 2.59. The van der Waals surface area contributed by atoms with Crippen molar-refractivity contribution in [2.75, 3.05) is 0 Å². The van der Waals surface area contributed by atoms with Crippen LogP contribution in [-0.4, -0.2) is 0 Å². The van der Waals surface area contributed by atoms with Crippen LogP contribution in [0.4, 0.5) is 0 Å². The normalized spacial score (nSPS) is 37.2. The molecule has 0 amide bonds. The maximum atomic E-state index is 2.59. The van der Waals surface area contributed by atoms with E-state index in [-0.39, 0.29) is 0 Å². The molecule has 0 radical (unpaired) electrons. The van der Waals surface area contributed by atoms with Crippen LogP contribution in [0.3, 0.4) is 0 Å². The third-order valence-electron chi connectivity index (χ3n) is 8.16. The van der Waals surface area contributed by atoms with Gasteiger partial charge in [0.2, 0.25) is 0 Å². The molecule has 0 bridgehead atoms. The zero-order valence-corrected chi connectivity index (χ0v) is 17.0. The molecule has 2 saturated carbocycles. The second kappa shape index (κ2) is 6.85. The molecule has 3 aliphatic rings. The van der Waals surface area contributed by atoms with Crippen LogP contribution in [0.2, 0.25) is 0 Å². The highest BCUT2D eigenvalue weighted by Crippen LogP contribution is 2.56. The van der Waals surface area contributed by atoms with Crippen molar-refractivity contribution in [2.24, 2.45) is 23.2 Å². The maximum Gasteiger partial charge on any atom is -0.00878 e. The summed E-state index contributed by atoms with van der Waals surface area (Å²) in [5.74, 6) is 2.50. The van der Waals surface area contributed by atoms with Gasteiger partial charge in [0.1, 0.15) is 0 Å². The first-order valence-electron chi connectivity index (χ1n) is 10.4. The van der Waals surface area contributed by atoms with Gasteiger partial charge in [0, 0.05) is 0 Å². The predicted octanol–water partition coefficient (Wildman–Crippen LogP) is 7.62. The van der Waals surface area contributed by atoms with E-state index < -0.39 is 0 Å². The highest BCUT2D eigenvalue weighted by atomic mass is 14.5. The molecule has 0 saturated heterocycles. The first-order valence-corrected chi connectivity index (χ1v) is 10.4. The second-order valence-electron chi connectivity index (χ2n) is 9.20. The summed E-state index contributed by atoms with van der Waals surface area (Å²) in [4.78, 5) is 0. The number of hydrogen-bond acceptors (Lipinski definition) is 0. The Bertz CT molecular complexity index is 579. The van der Waals surface area contributed by atoms with Gasteiger partial charge in [-0.25, -0.2) is 0 Å². The van der Waals surface area contributed by atoms with Crippen molar-refractivity contribution in [3.8, 4) is 0 Å². The Morgan fingerprint density at radius 1 is 1.17 bits per heavy atom. The lowest BCUT2D eigenvalue weighted by Gasteiger charge is -2.51. The molecule has 0 nitrogen and oxygen atoms in total. The van der Waals surface area contributed by atoms with E-state index in [0.717, 1.165) is 17.8 Å². The minimum Gasteiger partial charge on any atom is -0.0727 e. The minimum atomic E-state index is 0.446. The van der Waals surface area contributed by atoms with E-state index in [1.807, 2.05) is 0 Å². The zero-order valence-electron chi connectivity index (χ0n) is 17.0. The molecule has 0 spiro atoms. The molecule has 24 heavy (non-hydrogen) atoms. The molecule has 4 atom stereocenters. The van der Waals surface area contributed by atoms with E-state index >= 15 is 0 Å². The summed E-state index contributed by atoms with van der Waals surface area (Å²) in [7, 11) is 0. The number of allylic oxidation sites excluding steroid dienone is 6. The highest BCUT2D eigenvalue weighted by molar-refractivity contribution is 5.34. The van der Waals surface area contributed by atoms with Gasteiger partial charge in [-0.3, -0.25) is 0 Å². The van der Waals surface area contributed by atoms with Gasteiger partial charge < -0.3 is 0 Å². The van der Waals surface area contributed by atoms with Gasteiger partial charge in [-0.15, -0.1) is 0 Å². The molecule has 2 fully saturated rings. The molecule has 0 aromatic heterocycles. The lowest BCUT2D eigenvalue weighted by atomic mass is 9.53. The van der Waals surface area contributed by atoms with Crippen molar-refractivity contribution >= 4 is 0 Å². The van der Waals surface area contributed by atoms with E-state index in [4.69, 9.17) is 0 Å². The summed E-state index contributed by atoms with van der Waals surface area (Å²) in [6.45, 7) is 14.7. The van der Waals surface area contributed by atoms with Crippen molar-refractivity contribution in [3.63, 3.8) is 0 Å². The zero-order chi connectivity index (χ0) is 17.5. The number of rotatable bonds is 3.